The van der Waals surface area contributed by atoms with Crippen LogP contribution < -0.4 is 0 Å². The smallest absolute Gasteiger partial charge is 0.261 e. The summed E-state index contributed by atoms with van der Waals surface area (Å²) < 4.78 is 25.9. The lowest BCUT2D eigenvalue weighted by molar-refractivity contribution is 0.0926. The number of nitrogens with zero attached hydrogens (tertiary/aromatic N) is 1. The molecule has 150 valence electrons. The van der Waals surface area contributed by atoms with E-state index in [9.17, 15) is 8.42 Å². The second-order valence-electron chi connectivity index (χ2n) is 7.75. The fourth-order valence-electron chi connectivity index (χ4n) is 4.80. The number of rotatable bonds is 4. The minimum absolute atomic E-state index is 0.715. The maximum atomic E-state index is 9.19. The van der Waals surface area contributed by atoms with Crippen molar-refractivity contribution in [3.05, 3.63) is 35.5 Å². The van der Waals surface area contributed by atoms with Crippen LogP contribution in [0.5, 0.6) is 0 Å². The SMILES string of the molecule is CCCN1C[C@@H](CSC)CC2c3cccc4[nH]cc(c34)C[C@H]21.CS(=O)(=O)O. The number of thioether (sulfide) groups is 1. The van der Waals surface area contributed by atoms with E-state index in [4.69, 9.17) is 4.55 Å². The lowest BCUT2D eigenvalue weighted by Crippen LogP contribution is -2.50. The van der Waals surface area contributed by atoms with E-state index in [1.165, 1.54) is 54.6 Å². The Bertz CT molecular complexity index is 870. The predicted molar refractivity (Wildman–Crippen MR) is 114 cm³/mol. The number of aromatic amines is 1. The van der Waals surface area contributed by atoms with E-state index in [2.05, 4.69) is 47.5 Å². The van der Waals surface area contributed by atoms with Gasteiger partial charge in [0.15, 0.2) is 0 Å². The summed E-state index contributed by atoms with van der Waals surface area (Å²) in [5, 5.41) is 1.53. The minimum atomic E-state index is -3.67. The lowest BCUT2D eigenvalue weighted by atomic mass is 9.72. The van der Waals surface area contributed by atoms with Crippen LogP contribution >= 0.6 is 11.8 Å². The molecule has 1 aliphatic heterocycles. The molecule has 1 saturated heterocycles. The van der Waals surface area contributed by atoms with Gasteiger partial charge in [-0.3, -0.25) is 9.45 Å². The van der Waals surface area contributed by atoms with Gasteiger partial charge in [0.1, 0.15) is 0 Å². The van der Waals surface area contributed by atoms with Crippen molar-refractivity contribution >= 4 is 32.8 Å². The molecule has 1 aromatic carbocycles. The number of fused-ring (bicyclic) bond motifs is 2. The standard InChI is InChI=1S/C19H26N2S.CH4O3S/c1-3-7-21-11-13(12-22-2)8-16-15-5-4-6-17-19(15)14(10-20-17)9-18(16)21;1-5(2,3)4/h4-6,10,13,16,18,20H,3,7-9,11-12H2,1-2H3;1H3,(H,2,3,4)/t13-,16?,18+;/m0./s1. The molecule has 2 aliphatic rings. The number of hydrogen-bond donors (Lipinski definition) is 2. The van der Waals surface area contributed by atoms with Crippen LogP contribution in [0, 0.1) is 5.92 Å². The first-order valence-corrected chi connectivity index (χ1v) is 12.8. The van der Waals surface area contributed by atoms with E-state index in [0.717, 1.165) is 11.8 Å². The molecule has 2 aromatic rings. The van der Waals surface area contributed by atoms with E-state index >= 15 is 0 Å². The first-order valence-electron chi connectivity index (χ1n) is 9.56. The average Bonchev–Trinajstić information content (AvgIpc) is 3.00. The third kappa shape index (κ3) is 4.88. The maximum Gasteiger partial charge on any atom is 0.261 e. The molecule has 0 spiro atoms. The Hall–Kier alpha value is -1.02. The number of nitrogens with one attached hydrogen (secondary N) is 1. The molecule has 0 radical (unpaired) electrons. The first kappa shape index (κ1) is 20.7. The second-order valence-corrected chi connectivity index (χ2v) is 10.1. The topological polar surface area (TPSA) is 73.4 Å². The summed E-state index contributed by atoms with van der Waals surface area (Å²) in [5.41, 5.74) is 4.48. The molecule has 27 heavy (non-hydrogen) atoms. The molecule has 1 unspecified atom stereocenters. The summed E-state index contributed by atoms with van der Waals surface area (Å²) in [6, 6.07) is 7.58. The molecule has 1 aromatic heterocycles. The second kappa shape index (κ2) is 8.55. The van der Waals surface area contributed by atoms with Gasteiger partial charge in [0, 0.05) is 35.6 Å². The Balaban J connectivity index is 0.000000376. The van der Waals surface area contributed by atoms with Crippen LogP contribution in [0.1, 0.15) is 36.8 Å². The molecule has 0 saturated carbocycles. The van der Waals surface area contributed by atoms with Crippen LogP contribution in [-0.2, 0) is 16.5 Å². The van der Waals surface area contributed by atoms with Gasteiger partial charge in [-0.1, -0.05) is 19.1 Å². The molecule has 1 aliphatic carbocycles. The van der Waals surface area contributed by atoms with E-state index in [1.807, 2.05) is 11.8 Å². The molecule has 5 nitrogen and oxygen atoms in total. The van der Waals surface area contributed by atoms with Gasteiger partial charge in [-0.25, -0.2) is 0 Å². The number of hydrogen-bond acceptors (Lipinski definition) is 4. The van der Waals surface area contributed by atoms with Gasteiger partial charge >= 0.3 is 0 Å². The van der Waals surface area contributed by atoms with Crippen LogP contribution in [0.25, 0.3) is 10.9 Å². The van der Waals surface area contributed by atoms with Crippen LogP contribution in [-0.4, -0.2) is 60.3 Å². The molecule has 1 fully saturated rings. The maximum absolute atomic E-state index is 9.19. The summed E-state index contributed by atoms with van der Waals surface area (Å²) in [4.78, 5) is 6.29. The normalized spacial score (nSPS) is 25.0. The largest absolute Gasteiger partial charge is 0.361 e. The molecule has 4 rings (SSSR count). The summed E-state index contributed by atoms with van der Waals surface area (Å²) in [5.74, 6) is 2.88. The highest BCUT2D eigenvalue weighted by atomic mass is 32.2. The van der Waals surface area contributed by atoms with Crippen LogP contribution in [0.15, 0.2) is 24.4 Å². The van der Waals surface area contributed by atoms with Gasteiger partial charge < -0.3 is 4.98 Å². The molecule has 2 heterocycles. The highest BCUT2D eigenvalue weighted by Crippen LogP contribution is 2.45. The Morgan fingerprint density at radius 1 is 1.37 bits per heavy atom. The molecule has 0 bridgehead atoms. The quantitative estimate of drug-likeness (QED) is 0.751. The summed E-state index contributed by atoms with van der Waals surface area (Å²) in [6.45, 7) is 4.87. The van der Waals surface area contributed by atoms with Crippen molar-refractivity contribution in [2.45, 2.75) is 38.1 Å². The number of likely N-dealkylation sites (tertiary alicyclic amines) is 1. The van der Waals surface area contributed by atoms with Gasteiger partial charge in [0.2, 0.25) is 0 Å². The number of aromatic nitrogens is 1. The van der Waals surface area contributed by atoms with Crippen LogP contribution in [0.3, 0.4) is 0 Å². The van der Waals surface area contributed by atoms with Crippen LogP contribution in [0.4, 0.5) is 0 Å². The van der Waals surface area contributed by atoms with Crippen molar-refractivity contribution in [2.24, 2.45) is 5.92 Å². The van der Waals surface area contributed by atoms with Crippen LogP contribution in [0.2, 0.25) is 0 Å². The third-order valence-electron chi connectivity index (χ3n) is 5.57. The van der Waals surface area contributed by atoms with Crippen molar-refractivity contribution in [2.75, 3.05) is 31.4 Å². The van der Waals surface area contributed by atoms with Crippen molar-refractivity contribution in [3.8, 4) is 0 Å². The Labute approximate surface area is 166 Å². The zero-order valence-corrected chi connectivity index (χ0v) is 17.9. The zero-order chi connectivity index (χ0) is 19.6. The first-order chi connectivity index (χ1) is 12.8. The summed E-state index contributed by atoms with van der Waals surface area (Å²) in [6.07, 6.45) is 9.08. The molecule has 2 N–H and O–H groups in total. The van der Waals surface area contributed by atoms with E-state index in [-0.39, 0.29) is 0 Å². The van der Waals surface area contributed by atoms with E-state index in [0.29, 0.717) is 12.3 Å². The number of piperidine rings is 1. The average molecular weight is 411 g/mol. The van der Waals surface area contributed by atoms with Crippen molar-refractivity contribution in [1.82, 2.24) is 9.88 Å². The number of benzene rings is 1. The van der Waals surface area contributed by atoms with Gasteiger partial charge in [-0.05, 0) is 60.9 Å². The molecule has 3 atom stereocenters. The summed E-state index contributed by atoms with van der Waals surface area (Å²) in [7, 11) is -3.67. The van der Waals surface area contributed by atoms with Crippen molar-refractivity contribution < 1.29 is 13.0 Å². The fourth-order valence-corrected chi connectivity index (χ4v) is 5.51. The fraction of sp³-hybridized carbons (Fsp3) is 0.600. The Kier molecular flexibility index (Phi) is 6.56. The Morgan fingerprint density at radius 3 is 2.78 bits per heavy atom. The molecule has 7 heteroatoms. The van der Waals surface area contributed by atoms with Gasteiger partial charge in [-0.15, -0.1) is 0 Å². The summed E-state index contributed by atoms with van der Waals surface area (Å²) >= 11 is 2.01. The van der Waals surface area contributed by atoms with Crippen molar-refractivity contribution in [3.63, 3.8) is 0 Å². The minimum Gasteiger partial charge on any atom is -0.361 e. The molecule has 0 amide bonds. The highest BCUT2D eigenvalue weighted by molar-refractivity contribution is 7.98. The number of H-pyrrole nitrogens is 1. The third-order valence-corrected chi connectivity index (χ3v) is 6.38. The van der Waals surface area contributed by atoms with Gasteiger partial charge in [0.25, 0.3) is 10.1 Å². The predicted octanol–water partition coefficient (Wildman–Crippen LogP) is 3.78. The lowest BCUT2D eigenvalue weighted by Gasteiger charge is -2.47. The van der Waals surface area contributed by atoms with Crippen molar-refractivity contribution in [1.29, 1.82) is 0 Å². The van der Waals surface area contributed by atoms with Gasteiger partial charge in [-0.2, -0.15) is 20.2 Å². The Morgan fingerprint density at radius 2 is 2.11 bits per heavy atom. The van der Waals surface area contributed by atoms with E-state index in [1.54, 1.807) is 5.56 Å². The highest BCUT2D eigenvalue weighted by Gasteiger charge is 2.40. The molecular formula is C20H30N2O3S2. The van der Waals surface area contributed by atoms with Gasteiger partial charge in [0.05, 0.1) is 6.26 Å². The monoisotopic (exact) mass is 410 g/mol. The molecular weight excluding hydrogens is 380 g/mol. The van der Waals surface area contributed by atoms with E-state index < -0.39 is 10.1 Å². The zero-order valence-electron chi connectivity index (χ0n) is 16.3.